The largest absolute Gasteiger partial charge is 0.494 e. The molecular formula is C22H29N5O4. The van der Waals surface area contributed by atoms with Crippen molar-refractivity contribution in [1.29, 1.82) is 0 Å². The first-order valence-corrected chi connectivity index (χ1v) is 10.8. The van der Waals surface area contributed by atoms with E-state index in [0.717, 1.165) is 30.2 Å². The molecular weight excluding hydrogens is 398 g/mol. The average Bonchev–Trinajstić information content (AvgIpc) is 3.61. The topological polar surface area (TPSA) is 109 Å². The van der Waals surface area contributed by atoms with Crippen molar-refractivity contribution < 1.29 is 14.7 Å². The number of carbonyl (C=O) groups is 2. The summed E-state index contributed by atoms with van der Waals surface area (Å²) in [4.78, 5) is 39.9. The Morgan fingerprint density at radius 2 is 1.97 bits per heavy atom. The van der Waals surface area contributed by atoms with Crippen LogP contribution in [0, 0.1) is 12.8 Å². The van der Waals surface area contributed by atoms with Gasteiger partial charge in [-0.3, -0.25) is 19.0 Å². The highest BCUT2D eigenvalue weighted by Crippen LogP contribution is 2.27. The number of nitrogens with zero attached hydrogens (tertiary/aromatic N) is 4. The van der Waals surface area contributed by atoms with E-state index in [-0.39, 0.29) is 35.4 Å². The Labute approximate surface area is 180 Å². The van der Waals surface area contributed by atoms with Crippen LogP contribution in [0.25, 0.3) is 11.7 Å². The summed E-state index contributed by atoms with van der Waals surface area (Å²) >= 11 is 0. The van der Waals surface area contributed by atoms with Crippen LogP contribution in [-0.2, 0) is 11.3 Å². The molecule has 9 heteroatoms. The van der Waals surface area contributed by atoms with Gasteiger partial charge in [0.1, 0.15) is 5.65 Å². The van der Waals surface area contributed by atoms with Crippen molar-refractivity contribution in [2.45, 2.75) is 65.1 Å². The predicted molar refractivity (Wildman–Crippen MR) is 116 cm³/mol. The summed E-state index contributed by atoms with van der Waals surface area (Å²) in [5.74, 6) is -0.953. The lowest BCUT2D eigenvalue weighted by molar-refractivity contribution is -0.125. The molecule has 2 fully saturated rings. The number of amides is 2. The van der Waals surface area contributed by atoms with Crippen molar-refractivity contribution in [3.63, 3.8) is 0 Å². The molecule has 2 heterocycles. The summed E-state index contributed by atoms with van der Waals surface area (Å²) in [6, 6.07) is 0.339. The molecule has 2 amide bonds. The van der Waals surface area contributed by atoms with Crippen LogP contribution in [0.15, 0.2) is 10.9 Å². The third-order valence-electron chi connectivity index (χ3n) is 5.74. The number of aromatic nitrogens is 3. The van der Waals surface area contributed by atoms with Gasteiger partial charge in [-0.1, -0.05) is 13.8 Å². The number of rotatable bonds is 7. The van der Waals surface area contributed by atoms with Crippen molar-refractivity contribution >= 4 is 23.5 Å². The Bertz CT molecular complexity index is 1140. The van der Waals surface area contributed by atoms with Crippen LogP contribution in [0.2, 0.25) is 0 Å². The van der Waals surface area contributed by atoms with Gasteiger partial charge in [-0.05, 0) is 44.6 Å². The Kier molecular flexibility index (Phi) is 5.36. The highest BCUT2D eigenvalue weighted by Gasteiger charge is 2.31. The van der Waals surface area contributed by atoms with Gasteiger partial charge < -0.3 is 15.3 Å². The lowest BCUT2D eigenvalue weighted by Crippen LogP contribution is -2.34. The van der Waals surface area contributed by atoms with E-state index in [1.807, 2.05) is 13.8 Å². The Morgan fingerprint density at radius 1 is 1.29 bits per heavy atom. The molecule has 0 bridgehead atoms. The second-order valence-electron chi connectivity index (χ2n) is 9.00. The van der Waals surface area contributed by atoms with Crippen molar-refractivity contribution in [3.05, 3.63) is 33.3 Å². The standard InChI is InChI=1S/C22H29N5O4/c1-12(2)11-26-20-16(9-10-17(28)25(4)15-7-8-15)13(3)24-27(20)22(31)18(21(26)30)19(29)23-14-5-6-14/h9-10,12,14-15,30H,5-8,11H2,1-4H3,(H,23,29)/b10-9+. The van der Waals surface area contributed by atoms with Gasteiger partial charge in [-0.2, -0.15) is 9.61 Å². The fourth-order valence-corrected chi connectivity index (χ4v) is 3.70. The molecule has 2 aromatic rings. The van der Waals surface area contributed by atoms with Crippen molar-refractivity contribution in [2.24, 2.45) is 5.92 Å². The Balaban J connectivity index is 1.84. The molecule has 2 aliphatic carbocycles. The molecule has 0 aromatic carbocycles. The molecule has 0 saturated heterocycles. The SMILES string of the molecule is Cc1nn2c(=O)c(C(=O)NC3CC3)c(O)n(CC(C)C)c2c1/C=C/C(=O)N(C)C1CC1. The number of hydrogen-bond acceptors (Lipinski definition) is 5. The summed E-state index contributed by atoms with van der Waals surface area (Å²) < 4.78 is 2.70. The predicted octanol–water partition coefficient (Wildman–Crippen LogP) is 1.69. The lowest BCUT2D eigenvalue weighted by Gasteiger charge is -2.17. The second-order valence-corrected chi connectivity index (χ2v) is 9.00. The Morgan fingerprint density at radius 3 is 2.55 bits per heavy atom. The third-order valence-corrected chi connectivity index (χ3v) is 5.74. The fraction of sp³-hybridized carbons (Fsp3) is 0.545. The van der Waals surface area contributed by atoms with E-state index in [1.165, 1.54) is 6.08 Å². The van der Waals surface area contributed by atoms with E-state index in [2.05, 4.69) is 10.4 Å². The number of fused-ring (bicyclic) bond motifs is 1. The molecule has 2 aromatic heterocycles. The maximum absolute atomic E-state index is 13.1. The van der Waals surface area contributed by atoms with Crippen molar-refractivity contribution in [3.8, 4) is 5.88 Å². The molecule has 0 atom stereocenters. The van der Waals surface area contributed by atoms with Crippen LogP contribution in [0.1, 0.15) is 61.1 Å². The van der Waals surface area contributed by atoms with E-state index < -0.39 is 11.5 Å². The van der Waals surface area contributed by atoms with Crippen LogP contribution in [0.5, 0.6) is 5.88 Å². The molecule has 31 heavy (non-hydrogen) atoms. The minimum Gasteiger partial charge on any atom is -0.494 e. The number of likely N-dealkylation sites (N-methyl/N-ethyl adjacent to an activating group) is 1. The summed E-state index contributed by atoms with van der Waals surface area (Å²) in [5, 5.41) is 18.1. The molecule has 0 unspecified atom stereocenters. The van der Waals surface area contributed by atoms with Gasteiger partial charge in [0.2, 0.25) is 11.8 Å². The van der Waals surface area contributed by atoms with Gasteiger partial charge in [-0.15, -0.1) is 0 Å². The van der Waals surface area contributed by atoms with E-state index >= 15 is 0 Å². The zero-order chi connectivity index (χ0) is 22.4. The molecule has 0 spiro atoms. The molecule has 0 radical (unpaired) electrons. The average molecular weight is 428 g/mol. The normalized spacial score (nSPS) is 16.4. The van der Waals surface area contributed by atoms with Crippen molar-refractivity contribution in [1.82, 2.24) is 24.4 Å². The van der Waals surface area contributed by atoms with Gasteiger partial charge in [-0.25, -0.2) is 0 Å². The van der Waals surface area contributed by atoms with Crippen LogP contribution in [-0.4, -0.2) is 55.1 Å². The fourth-order valence-electron chi connectivity index (χ4n) is 3.70. The molecule has 2 N–H and O–H groups in total. The number of nitrogens with one attached hydrogen (secondary N) is 1. The van der Waals surface area contributed by atoms with E-state index in [9.17, 15) is 19.5 Å². The van der Waals surface area contributed by atoms with Crippen LogP contribution in [0.4, 0.5) is 0 Å². The van der Waals surface area contributed by atoms with E-state index in [1.54, 1.807) is 29.5 Å². The molecule has 0 aliphatic heterocycles. The maximum atomic E-state index is 13.1. The lowest BCUT2D eigenvalue weighted by atomic mass is 10.1. The van der Waals surface area contributed by atoms with Gasteiger partial charge in [0, 0.05) is 37.3 Å². The zero-order valence-corrected chi connectivity index (χ0v) is 18.4. The molecule has 4 rings (SSSR count). The van der Waals surface area contributed by atoms with Crippen LogP contribution < -0.4 is 10.9 Å². The third kappa shape index (κ3) is 4.08. The molecule has 166 valence electrons. The van der Waals surface area contributed by atoms with Crippen molar-refractivity contribution in [2.75, 3.05) is 7.05 Å². The van der Waals surface area contributed by atoms with Gasteiger partial charge >= 0.3 is 0 Å². The monoisotopic (exact) mass is 427 g/mol. The number of carbonyl (C=O) groups excluding carboxylic acids is 2. The first-order chi connectivity index (χ1) is 14.7. The zero-order valence-electron chi connectivity index (χ0n) is 18.4. The summed E-state index contributed by atoms with van der Waals surface area (Å²) in [7, 11) is 1.78. The summed E-state index contributed by atoms with van der Waals surface area (Å²) in [6.45, 7) is 6.07. The maximum Gasteiger partial charge on any atom is 0.291 e. The molecule has 2 aliphatic rings. The summed E-state index contributed by atoms with van der Waals surface area (Å²) in [6.07, 6.45) is 6.87. The minimum atomic E-state index is -0.671. The van der Waals surface area contributed by atoms with E-state index in [0.29, 0.717) is 23.4 Å². The minimum absolute atomic E-state index is 0.0490. The first kappa shape index (κ1) is 21.1. The number of hydrogen-bond donors (Lipinski definition) is 2. The molecule has 2 saturated carbocycles. The highest BCUT2D eigenvalue weighted by molar-refractivity contribution is 5.97. The van der Waals surface area contributed by atoms with Crippen LogP contribution >= 0.6 is 0 Å². The number of aromatic hydroxyl groups is 1. The highest BCUT2D eigenvalue weighted by atomic mass is 16.3. The van der Waals surface area contributed by atoms with E-state index in [4.69, 9.17) is 0 Å². The first-order valence-electron chi connectivity index (χ1n) is 10.8. The second kappa shape index (κ2) is 7.86. The van der Waals surface area contributed by atoms with Gasteiger partial charge in [0.15, 0.2) is 5.56 Å². The molecule has 9 nitrogen and oxygen atoms in total. The quantitative estimate of drug-likeness (QED) is 0.654. The number of aryl methyl sites for hydroxylation is 1. The Hall–Kier alpha value is -3.10. The summed E-state index contributed by atoms with van der Waals surface area (Å²) in [5.41, 5.74) is 0.499. The van der Waals surface area contributed by atoms with Crippen LogP contribution in [0.3, 0.4) is 0 Å². The van der Waals surface area contributed by atoms with Gasteiger partial charge in [0.25, 0.3) is 11.5 Å². The smallest absolute Gasteiger partial charge is 0.291 e. The van der Waals surface area contributed by atoms with Gasteiger partial charge in [0.05, 0.1) is 5.69 Å².